The van der Waals surface area contributed by atoms with Gasteiger partial charge in [-0.2, -0.15) is 0 Å². The Morgan fingerprint density at radius 2 is 1.92 bits per heavy atom. The highest BCUT2D eigenvalue weighted by atomic mass is 32.2. The fourth-order valence-corrected chi connectivity index (χ4v) is 5.18. The number of aromatic carboxylic acids is 1. The van der Waals surface area contributed by atoms with Gasteiger partial charge < -0.3 is 5.11 Å². The molecule has 3 nitrogen and oxygen atoms in total. The molecule has 1 aliphatic carbocycles. The summed E-state index contributed by atoms with van der Waals surface area (Å²) in [5.74, 6) is -0.207. The quantitative estimate of drug-likeness (QED) is 0.578. The van der Waals surface area contributed by atoms with E-state index in [9.17, 15) is 9.90 Å². The van der Waals surface area contributed by atoms with Crippen LogP contribution in [-0.4, -0.2) is 16.1 Å². The van der Waals surface area contributed by atoms with Gasteiger partial charge >= 0.3 is 5.97 Å². The zero-order valence-corrected chi connectivity index (χ0v) is 15.9. The van der Waals surface area contributed by atoms with Gasteiger partial charge in [-0.15, -0.1) is 23.1 Å². The predicted molar refractivity (Wildman–Crippen MR) is 107 cm³/mol. The van der Waals surface area contributed by atoms with Gasteiger partial charge in [0, 0.05) is 15.8 Å². The number of benzene rings is 2. The first-order valence-corrected chi connectivity index (χ1v) is 10.6. The second-order valence-electron chi connectivity index (χ2n) is 6.41. The van der Waals surface area contributed by atoms with Gasteiger partial charge in [-0.05, 0) is 55.0 Å². The molecule has 3 aromatic rings. The third-order valence-electron chi connectivity index (χ3n) is 4.66. The van der Waals surface area contributed by atoms with E-state index in [0.717, 1.165) is 15.6 Å². The third-order valence-corrected chi connectivity index (χ3v) is 6.78. The molecule has 1 N–H and O–H groups in total. The van der Waals surface area contributed by atoms with Crippen molar-refractivity contribution >= 4 is 29.1 Å². The number of carboxylic acids is 1. The molecule has 0 saturated heterocycles. The highest BCUT2D eigenvalue weighted by Crippen LogP contribution is 2.31. The number of fused-ring (bicyclic) bond motifs is 1. The zero-order chi connectivity index (χ0) is 17.9. The Morgan fingerprint density at radius 3 is 2.77 bits per heavy atom. The number of hydrogen-bond donors (Lipinski definition) is 1. The summed E-state index contributed by atoms with van der Waals surface area (Å²) in [5, 5.41) is 12.4. The molecule has 0 saturated carbocycles. The summed E-state index contributed by atoms with van der Waals surface area (Å²) in [4.78, 5) is 16.9. The maximum atomic E-state index is 11.3. The van der Waals surface area contributed by atoms with Gasteiger partial charge in [0.15, 0.2) is 0 Å². The van der Waals surface area contributed by atoms with Crippen molar-refractivity contribution in [3.05, 3.63) is 69.5 Å². The number of carboxylic acid groups (broad SMARTS) is 1. The average molecular weight is 382 g/mol. The summed E-state index contributed by atoms with van der Waals surface area (Å²) < 4.78 is 0. The molecule has 1 heterocycles. The van der Waals surface area contributed by atoms with E-state index in [-0.39, 0.29) is 0 Å². The lowest BCUT2D eigenvalue weighted by atomic mass is 9.90. The Hall–Kier alpha value is -2.11. The van der Waals surface area contributed by atoms with Crippen molar-refractivity contribution < 1.29 is 9.90 Å². The molecule has 0 aliphatic heterocycles. The molecule has 0 unspecified atom stereocenters. The third kappa shape index (κ3) is 3.69. The van der Waals surface area contributed by atoms with Crippen molar-refractivity contribution in [2.45, 2.75) is 36.3 Å². The molecule has 0 spiro atoms. The monoisotopic (exact) mass is 381 g/mol. The summed E-state index contributed by atoms with van der Waals surface area (Å²) in [5.41, 5.74) is 5.50. The van der Waals surface area contributed by atoms with Gasteiger partial charge in [0.05, 0.1) is 17.0 Å². The topological polar surface area (TPSA) is 50.2 Å². The van der Waals surface area contributed by atoms with Crippen LogP contribution in [0, 0.1) is 0 Å². The van der Waals surface area contributed by atoms with Crippen molar-refractivity contribution in [3.63, 3.8) is 0 Å². The lowest BCUT2D eigenvalue weighted by Gasteiger charge is -2.16. The second kappa shape index (κ2) is 7.64. The minimum Gasteiger partial charge on any atom is -0.478 e. The van der Waals surface area contributed by atoms with Gasteiger partial charge in [-0.1, -0.05) is 24.3 Å². The fraction of sp³-hybridized carbons (Fsp3) is 0.238. The number of thiazole rings is 1. The predicted octanol–water partition coefficient (Wildman–Crippen LogP) is 5.68. The van der Waals surface area contributed by atoms with Crippen molar-refractivity contribution in [2.24, 2.45) is 0 Å². The minimum atomic E-state index is -0.887. The van der Waals surface area contributed by atoms with Crippen LogP contribution in [0.1, 0.15) is 39.3 Å². The van der Waals surface area contributed by atoms with Gasteiger partial charge in [0.25, 0.3) is 0 Å². The Labute approximate surface area is 161 Å². The SMILES string of the molecule is O=C(O)c1ccccc1SCc1nc(-c2ccc3c(c2)CCCC3)cs1. The van der Waals surface area contributed by atoms with Crippen molar-refractivity contribution in [1.29, 1.82) is 0 Å². The second-order valence-corrected chi connectivity index (χ2v) is 8.37. The molecule has 26 heavy (non-hydrogen) atoms. The lowest BCUT2D eigenvalue weighted by molar-refractivity contribution is 0.0693. The molecular formula is C21H19NO2S2. The van der Waals surface area contributed by atoms with E-state index in [1.807, 2.05) is 12.1 Å². The molecule has 0 fully saturated rings. The molecule has 132 valence electrons. The van der Waals surface area contributed by atoms with Crippen LogP contribution in [0.2, 0.25) is 0 Å². The molecule has 1 aromatic heterocycles. The van der Waals surface area contributed by atoms with Crippen LogP contribution >= 0.6 is 23.1 Å². The smallest absolute Gasteiger partial charge is 0.336 e. The number of aryl methyl sites for hydroxylation is 2. The van der Waals surface area contributed by atoms with Gasteiger partial charge in [0.1, 0.15) is 5.01 Å². The molecule has 1 aliphatic rings. The largest absolute Gasteiger partial charge is 0.478 e. The van der Waals surface area contributed by atoms with Crippen LogP contribution in [0.5, 0.6) is 0 Å². The number of aromatic nitrogens is 1. The van der Waals surface area contributed by atoms with E-state index in [1.165, 1.54) is 54.1 Å². The fourth-order valence-electron chi connectivity index (χ4n) is 3.31. The van der Waals surface area contributed by atoms with Gasteiger partial charge in [0.2, 0.25) is 0 Å². The van der Waals surface area contributed by atoms with Crippen LogP contribution in [0.15, 0.2) is 52.7 Å². The first-order chi connectivity index (χ1) is 12.7. The lowest BCUT2D eigenvalue weighted by Crippen LogP contribution is -2.02. The summed E-state index contributed by atoms with van der Waals surface area (Å²) in [6.45, 7) is 0. The molecule has 0 atom stereocenters. The molecule has 0 radical (unpaired) electrons. The number of hydrogen-bond acceptors (Lipinski definition) is 4. The molecule has 2 aromatic carbocycles. The standard InChI is InChI=1S/C21H19NO2S2/c23-21(24)17-7-3-4-8-19(17)25-13-20-22-18(12-26-20)16-10-9-14-5-1-2-6-15(14)11-16/h3-4,7-12H,1-2,5-6,13H2,(H,23,24). The highest BCUT2D eigenvalue weighted by Gasteiger charge is 2.13. The van der Waals surface area contributed by atoms with Crippen LogP contribution in [0.3, 0.4) is 0 Å². The maximum Gasteiger partial charge on any atom is 0.336 e. The van der Waals surface area contributed by atoms with E-state index in [0.29, 0.717) is 11.3 Å². The number of carbonyl (C=O) groups is 1. The maximum absolute atomic E-state index is 11.3. The molecule has 0 bridgehead atoms. The number of rotatable bonds is 5. The Morgan fingerprint density at radius 1 is 1.12 bits per heavy atom. The molecule has 4 rings (SSSR count). The molecular weight excluding hydrogens is 362 g/mol. The van der Waals surface area contributed by atoms with E-state index >= 15 is 0 Å². The van der Waals surface area contributed by atoms with E-state index in [4.69, 9.17) is 4.98 Å². The number of nitrogens with zero attached hydrogens (tertiary/aromatic N) is 1. The Bertz CT molecular complexity index is 949. The van der Waals surface area contributed by atoms with Gasteiger partial charge in [-0.25, -0.2) is 9.78 Å². The van der Waals surface area contributed by atoms with Crippen LogP contribution in [0.4, 0.5) is 0 Å². The first-order valence-electron chi connectivity index (χ1n) is 8.72. The van der Waals surface area contributed by atoms with Crippen LogP contribution < -0.4 is 0 Å². The Balaban J connectivity index is 1.50. The van der Waals surface area contributed by atoms with Crippen molar-refractivity contribution in [2.75, 3.05) is 0 Å². The van der Waals surface area contributed by atoms with E-state index in [1.54, 1.807) is 23.5 Å². The van der Waals surface area contributed by atoms with Gasteiger partial charge in [-0.3, -0.25) is 0 Å². The van der Waals surface area contributed by atoms with E-state index in [2.05, 4.69) is 23.6 Å². The molecule has 0 amide bonds. The van der Waals surface area contributed by atoms with Crippen LogP contribution in [-0.2, 0) is 18.6 Å². The first kappa shape index (κ1) is 17.3. The minimum absolute atomic E-state index is 0.351. The summed E-state index contributed by atoms with van der Waals surface area (Å²) >= 11 is 3.16. The zero-order valence-electron chi connectivity index (χ0n) is 14.3. The average Bonchev–Trinajstić information content (AvgIpc) is 3.15. The Kier molecular flexibility index (Phi) is 5.09. The summed E-state index contributed by atoms with van der Waals surface area (Å²) in [6.07, 6.45) is 4.93. The van der Waals surface area contributed by atoms with Crippen molar-refractivity contribution in [1.82, 2.24) is 4.98 Å². The molecule has 5 heteroatoms. The summed E-state index contributed by atoms with van der Waals surface area (Å²) in [6, 6.07) is 13.8. The van der Waals surface area contributed by atoms with E-state index < -0.39 is 5.97 Å². The number of thioether (sulfide) groups is 1. The van der Waals surface area contributed by atoms with Crippen molar-refractivity contribution in [3.8, 4) is 11.3 Å². The highest BCUT2D eigenvalue weighted by molar-refractivity contribution is 7.98. The normalized spacial score (nSPS) is 13.4. The van der Waals surface area contributed by atoms with Crippen LogP contribution in [0.25, 0.3) is 11.3 Å². The summed E-state index contributed by atoms with van der Waals surface area (Å²) in [7, 11) is 0.